The van der Waals surface area contributed by atoms with E-state index in [1.54, 1.807) is 0 Å². The standard InChI is InChI=1S/C18H26N4/c1-2-22-17-6-4-3-5-16(17)20-18(22)14(11-19)15-12-21-9-7-13(15)8-10-21/h3-6,13-15H,2,7-12,19H2,1H3. The summed E-state index contributed by atoms with van der Waals surface area (Å²) in [4.78, 5) is 7.60. The van der Waals surface area contributed by atoms with E-state index in [0.29, 0.717) is 18.4 Å². The highest BCUT2D eigenvalue weighted by Crippen LogP contribution is 2.40. The van der Waals surface area contributed by atoms with Gasteiger partial charge in [-0.1, -0.05) is 12.1 Å². The van der Waals surface area contributed by atoms with Crippen molar-refractivity contribution in [3.8, 4) is 0 Å². The Morgan fingerprint density at radius 2 is 2.05 bits per heavy atom. The Hall–Kier alpha value is -1.39. The lowest BCUT2D eigenvalue weighted by Crippen LogP contribution is -2.50. The fourth-order valence-corrected chi connectivity index (χ4v) is 4.65. The monoisotopic (exact) mass is 298 g/mol. The van der Waals surface area contributed by atoms with Crippen LogP contribution >= 0.6 is 0 Å². The van der Waals surface area contributed by atoms with Gasteiger partial charge in [0.1, 0.15) is 5.82 Å². The summed E-state index contributed by atoms with van der Waals surface area (Å²) in [7, 11) is 0. The molecule has 2 bridgehead atoms. The molecule has 4 nitrogen and oxygen atoms in total. The van der Waals surface area contributed by atoms with Gasteiger partial charge in [-0.3, -0.25) is 0 Å². The number of hydrogen-bond donors (Lipinski definition) is 1. The summed E-state index contributed by atoms with van der Waals surface area (Å²) >= 11 is 0. The Kier molecular flexibility index (Phi) is 3.66. The summed E-state index contributed by atoms with van der Waals surface area (Å²) < 4.78 is 2.38. The summed E-state index contributed by atoms with van der Waals surface area (Å²) in [6, 6.07) is 8.48. The molecule has 3 aliphatic rings. The lowest BCUT2D eigenvalue weighted by atomic mass is 9.72. The molecule has 22 heavy (non-hydrogen) atoms. The van der Waals surface area contributed by atoms with Crippen LogP contribution in [-0.2, 0) is 6.54 Å². The Labute approximate surface area is 132 Å². The van der Waals surface area contributed by atoms with Crippen LogP contribution < -0.4 is 5.73 Å². The maximum atomic E-state index is 6.24. The van der Waals surface area contributed by atoms with Gasteiger partial charge in [0.05, 0.1) is 11.0 Å². The molecule has 2 aromatic rings. The third-order valence-electron chi connectivity index (χ3n) is 5.81. The third-order valence-corrected chi connectivity index (χ3v) is 5.81. The average molecular weight is 298 g/mol. The van der Waals surface area contributed by atoms with E-state index in [9.17, 15) is 0 Å². The second kappa shape index (κ2) is 5.67. The van der Waals surface area contributed by atoms with E-state index in [2.05, 4.69) is 40.7 Å². The molecule has 0 amide bonds. The lowest BCUT2D eigenvalue weighted by Gasteiger charge is -2.47. The highest BCUT2D eigenvalue weighted by Gasteiger charge is 2.40. The summed E-state index contributed by atoms with van der Waals surface area (Å²) in [6.07, 6.45) is 2.68. The molecule has 2 atom stereocenters. The van der Waals surface area contributed by atoms with Gasteiger partial charge in [0.15, 0.2) is 0 Å². The topological polar surface area (TPSA) is 47.1 Å². The Morgan fingerprint density at radius 3 is 2.68 bits per heavy atom. The molecule has 0 radical (unpaired) electrons. The van der Waals surface area contributed by atoms with E-state index in [0.717, 1.165) is 18.0 Å². The van der Waals surface area contributed by atoms with Crippen molar-refractivity contribution in [2.24, 2.45) is 17.6 Å². The zero-order chi connectivity index (χ0) is 15.1. The molecular formula is C18H26N4. The molecule has 0 spiro atoms. The lowest BCUT2D eigenvalue weighted by molar-refractivity contribution is 0.0359. The maximum absolute atomic E-state index is 6.24. The number of hydrogen-bond acceptors (Lipinski definition) is 3. The molecule has 3 aliphatic heterocycles. The van der Waals surface area contributed by atoms with Crippen molar-refractivity contribution >= 4 is 11.0 Å². The second-order valence-corrected chi connectivity index (χ2v) is 6.85. The van der Waals surface area contributed by atoms with Gasteiger partial charge in [-0.25, -0.2) is 4.98 Å². The predicted molar refractivity (Wildman–Crippen MR) is 89.9 cm³/mol. The molecule has 5 rings (SSSR count). The van der Waals surface area contributed by atoms with Gasteiger partial charge in [-0.15, -0.1) is 0 Å². The molecule has 3 fully saturated rings. The third kappa shape index (κ3) is 2.17. The largest absolute Gasteiger partial charge is 0.330 e. The van der Waals surface area contributed by atoms with Crippen LogP contribution in [-0.4, -0.2) is 40.6 Å². The van der Waals surface area contributed by atoms with E-state index < -0.39 is 0 Å². The molecule has 4 heteroatoms. The van der Waals surface area contributed by atoms with Crippen molar-refractivity contribution in [3.63, 3.8) is 0 Å². The summed E-state index contributed by atoms with van der Waals surface area (Å²) in [6.45, 7) is 7.65. The van der Waals surface area contributed by atoms with Gasteiger partial charge < -0.3 is 15.2 Å². The van der Waals surface area contributed by atoms with Gasteiger partial charge >= 0.3 is 0 Å². The first-order valence-electron chi connectivity index (χ1n) is 8.69. The van der Waals surface area contributed by atoms with Crippen LogP contribution in [0.1, 0.15) is 31.5 Å². The molecule has 3 saturated heterocycles. The van der Waals surface area contributed by atoms with Crippen molar-refractivity contribution in [1.29, 1.82) is 0 Å². The van der Waals surface area contributed by atoms with Gasteiger partial charge in [0.2, 0.25) is 0 Å². The van der Waals surface area contributed by atoms with Crippen molar-refractivity contribution in [3.05, 3.63) is 30.1 Å². The van der Waals surface area contributed by atoms with Crippen molar-refractivity contribution in [1.82, 2.24) is 14.5 Å². The number of aromatic nitrogens is 2. The van der Waals surface area contributed by atoms with Crippen LogP contribution in [0.15, 0.2) is 24.3 Å². The molecule has 0 aliphatic carbocycles. The summed E-state index contributed by atoms with van der Waals surface area (Å²) in [5.41, 5.74) is 8.60. The Balaban J connectivity index is 1.75. The minimum atomic E-state index is 0.389. The van der Waals surface area contributed by atoms with Crippen molar-refractivity contribution in [2.45, 2.75) is 32.2 Å². The van der Waals surface area contributed by atoms with Crippen LogP contribution in [0.25, 0.3) is 11.0 Å². The highest BCUT2D eigenvalue weighted by atomic mass is 15.2. The van der Waals surface area contributed by atoms with E-state index in [1.165, 1.54) is 43.8 Å². The first-order chi connectivity index (χ1) is 10.8. The minimum Gasteiger partial charge on any atom is -0.330 e. The molecular weight excluding hydrogens is 272 g/mol. The molecule has 4 heterocycles. The SMILES string of the molecule is CCn1c(C(CN)C2CN3CCC2CC3)nc2ccccc21. The number of fused-ring (bicyclic) bond motifs is 4. The molecule has 2 N–H and O–H groups in total. The quantitative estimate of drug-likeness (QED) is 0.943. The summed E-state index contributed by atoms with van der Waals surface area (Å²) in [5, 5.41) is 0. The zero-order valence-electron chi connectivity index (χ0n) is 13.4. The average Bonchev–Trinajstić information content (AvgIpc) is 2.95. The van der Waals surface area contributed by atoms with E-state index in [-0.39, 0.29) is 0 Å². The number of benzene rings is 1. The van der Waals surface area contributed by atoms with Gasteiger partial charge in [0.25, 0.3) is 0 Å². The zero-order valence-corrected chi connectivity index (χ0v) is 13.4. The van der Waals surface area contributed by atoms with Gasteiger partial charge in [-0.2, -0.15) is 0 Å². The van der Waals surface area contributed by atoms with E-state index in [4.69, 9.17) is 10.7 Å². The number of aryl methyl sites for hydroxylation is 1. The fraction of sp³-hybridized carbons (Fsp3) is 0.611. The van der Waals surface area contributed by atoms with Crippen molar-refractivity contribution in [2.75, 3.05) is 26.2 Å². The number of piperidine rings is 3. The first kappa shape index (κ1) is 14.2. The van der Waals surface area contributed by atoms with Gasteiger partial charge in [-0.05, 0) is 56.8 Å². The van der Waals surface area contributed by atoms with Crippen LogP contribution in [0.5, 0.6) is 0 Å². The van der Waals surface area contributed by atoms with Crippen LogP contribution in [0.4, 0.5) is 0 Å². The summed E-state index contributed by atoms with van der Waals surface area (Å²) in [5.74, 6) is 3.11. The van der Waals surface area contributed by atoms with E-state index >= 15 is 0 Å². The Morgan fingerprint density at radius 1 is 1.27 bits per heavy atom. The molecule has 0 saturated carbocycles. The molecule has 1 aromatic carbocycles. The highest BCUT2D eigenvalue weighted by molar-refractivity contribution is 5.76. The van der Waals surface area contributed by atoms with Crippen LogP contribution in [0.2, 0.25) is 0 Å². The van der Waals surface area contributed by atoms with Crippen LogP contribution in [0.3, 0.4) is 0 Å². The smallest absolute Gasteiger partial charge is 0.114 e. The number of rotatable bonds is 4. The minimum absolute atomic E-state index is 0.389. The Bertz CT molecular complexity index is 654. The maximum Gasteiger partial charge on any atom is 0.114 e. The molecule has 1 aromatic heterocycles. The first-order valence-corrected chi connectivity index (χ1v) is 8.69. The second-order valence-electron chi connectivity index (χ2n) is 6.85. The molecule has 118 valence electrons. The fourth-order valence-electron chi connectivity index (χ4n) is 4.65. The van der Waals surface area contributed by atoms with Crippen molar-refractivity contribution < 1.29 is 0 Å². The number of nitrogens with two attached hydrogens (primary N) is 1. The number of para-hydroxylation sites is 2. The van der Waals surface area contributed by atoms with E-state index in [1.807, 2.05) is 0 Å². The number of nitrogens with zero attached hydrogens (tertiary/aromatic N) is 3. The normalized spacial score (nSPS) is 29.1. The van der Waals surface area contributed by atoms with Gasteiger partial charge in [0, 0.05) is 25.6 Å². The molecule has 2 unspecified atom stereocenters. The van der Waals surface area contributed by atoms with Crippen LogP contribution in [0, 0.1) is 11.8 Å². The predicted octanol–water partition coefficient (Wildman–Crippen LogP) is 2.44. The number of imidazole rings is 1.